The van der Waals surface area contributed by atoms with E-state index in [4.69, 9.17) is 21.7 Å². The third-order valence-corrected chi connectivity index (χ3v) is 5.49. The molecule has 2 aliphatic rings. The van der Waals surface area contributed by atoms with Gasteiger partial charge in [0.15, 0.2) is 11.6 Å². The van der Waals surface area contributed by atoms with Crippen LogP contribution in [0.1, 0.15) is 11.1 Å². The van der Waals surface area contributed by atoms with Crippen LogP contribution in [0.3, 0.4) is 0 Å². The normalized spacial score (nSPS) is 15.4. The molecule has 0 amide bonds. The van der Waals surface area contributed by atoms with Crippen molar-refractivity contribution in [3.63, 3.8) is 0 Å². The Morgan fingerprint density at radius 2 is 1.83 bits per heavy atom. The highest BCUT2D eigenvalue weighted by Crippen LogP contribution is 2.38. The molecule has 2 aliphatic heterocycles. The molecule has 5 rings (SSSR count). The zero-order valence-electron chi connectivity index (χ0n) is 15.4. The van der Waals surface area contributed by atoms with E-state index in [-0.39, 0.29) is 12.2 Å². The number of anilines is 1. The van der Waals surface area contributed by atoms with Gasteiger partial charge in [-0.1, -0.05) is 12.2 Å². The summed E-state index contributed by atoms with van der Waals surface area (Å²) in [6.45, 7) is 3.16. The van der Waals surface area contributed by atoms with Gasteiger partial charge in [0, 0.05) is 42.4 Å². The number of morpholine rings is 1. The van der Waals surface area contributed by atoms with E-state index in [2.05, 4.69) is 14.9 Å². The molecule has 0 radical (unpaired) electrons. The first-order chi connectivity index (χ1) is 14.1. The summed E-state index contributed by atoms with van der Waals surface area (Å²) in [5, 5.41) is 0. The predicted octanol–water partition coefficient (Wildman–Crippen LogP) is 4.62. The van der Waals surface area contributed by atoms with Crippen LogP contribution in [0.4, 0.5) is 14.5 Å². The number of nitrogens with one attached hydrogen (secondary N) is 1. The van der Waals surface area contributed by atoms with Crippen molar-refractivity contribution in [2.24, 2.45) is 0 Å². The van der Waals surface area contributed by atoms with Gasteiger partial charge < -0.3 is 19.4 Å². The Labute approximate surface area is 170 Å². The second kappa shape index (κ2) is 7.20. The lowest BCUT2D eigenvalue weighted by atomic mass is 10.0. The first kappa shape index (κ1) is 18.2. The van der Waals surface area contributed by atoms with E-state index in [9.17, 15) is 8.78 Å². The number of ether oxygens (including phenoxy) is 2. The van der Waals surface area contributed by atoms with Crippen molar-refractivity contribution in [1.82, 2.24) is 9.97 Å². The number of aromatic amines is 1. The zero-order chi connectivity index (χ0) is 20.0. The van der Waals surface area contributed by atoms with Crippen LogP contribution in [-0.4, -0.2) is 36.3 Å². The van der Waals surface area contributed by atoms with Crippen LogP contribution >= 0.6 is 12.2 Å². The lowest BCUT2D eigenvalue weighted by Crippen LogP contribution is -2.36. The van der Waals surface area contributed by atoms with Crippen molar-refractivity contribution in [3.8, 4) is 23.0 Å². The molecule has 8 heteroatoms. The smallest absolute Gasteiger partial charge is 0.205 e. The third kappa shape index (κ3) is 3.38. The number of benzene rings is 2. The number of halogens is 2. The largest absolute Gasteiger partial charge is 0.437 e. The molecule has 1 aromatic heterocycles. The highest BCUT2D eigenvalue weighted by Gasteiger charge is 2.24. The minimum Gasteiger partial charge on any atom is -0.437 e. The number of H-pyrrole nitrogens is 1. The molecule has 29 heavy (non-hydrogen) atoms. The number of hydrogen-bond donors (Lipinski definition) is 1. The molecule has 0 saturated carbocycles. The quantitative estimate of drug-likeness (QED) is 0.486. The van der Waals surface area contributed by atoms with Gasteiger partial charge >= 0.3 is 0 Å². The lowest BCUT2D eigenvalue weighted by Gasteiger charge is -2.28. The number of nitrogens with zero attached hydrogens (tertiary/aromatic N) is 2. The van der Waals surface area contributed by atoms with Gasteiger partial charge in [-0.25, -0.2) is 13.8 Å². The van der Waals surface area contributed by atoms with Crippen molar-refractivity contribution in [2.75, 3.05) is 31.2 Å². The molecule has 0 aliphatic carbocycles. The summed E-state index contributed by atoms with van der Waals surface area (Å²) in [6.07, 6.45) is 0.262. The summed E-state index contributed by atoms with van der Waals surface area (Å²) in [7, 11) is 0. The fourth-order valence-corrected chi connectivity index (χ4v) is 3.92. The number of hydrogen-bond acceptors (Lipinski definition) is 5. The summed E-state index contributed by atoms with van der Waals surface area (Å²) < 4.78 is 39.1. The molecule has 0 unspecified atom stereocenters. The molecule has 5 nitrogen and oxygen atoms in total. The van der Waals surface area contributed by atoms with Crippen molar-refractivity contribution < 1.29 is 18.3 Å². The fourth-order valence-electron chi connectivity index (χ4n) is 3.66. The average molecular weight is 413 g/mol. The molecule has 1 saturated heterocycles. The zero-order valence-corrected chi connectivity index (χ0v) is 16.2. The van der Waals surface area contributed by atoms with Crippen LogP contribution in [0, 0.1) is 16.3 Å². The standard InChI is InChI=1S/C21H17F2N3O2S/c22-14-9-13-10-16-20(28-18(13)17(23)11-14)24-19(25-21(16)29)12-1-3-15(4-2-12)26-5-7-27-8-6-26/h1-4,9,11H,5-8,10H2,(H,24,25,29). The summed E-state index contributed by atoms with van der Waals surface area (Å²) in [6, 6.07) is 10.0. The molecule has 0 bridgehead atoms. The minimum absolute atomic E-state index is 0.0179. The first-order valence-corrected chi connectivity index (χ1v) is 9.71. The van der Waals surface area contributed by atoms with Gasteiger partial charge in [-0.3, -0.25) is 0 Å². The Morgan fingerprint density at radius 3 is 2.59 bits per heavy atom. The third-order valence-electron chi connectivity index (χ3n) is 5.15. The molecule has 0 spiro atoms. The Kier molecular flexibility index (Phi) is 4.52. The Bertz CT molecular complexity index is 1140. The fraction of sp³-hybridized carbons (Fsp3) is 0.238. The van der Waals surface area contributed by atoms with E-state index >= 15 is 0 Å². The van der Waals surface area contributed by atoms with E-state index in [1.165, 1.54) is 6.07 Å². The van der Waals surface area contributed by atoms with Crippen LogP contribution in [0.5, 0.6) is 11.6 Å². The van der Waals surface area contributed by atoms with Gasteiger partial charge in [-0.15, -0.1) is 0 Å². The molecule has 3 aromatic rings. The summed E-state index contributed by atoms with van der Waals surface area (Å²) in [5.74, 6) is -0.487. The average Bonchev–Trinajstić information content (AvgIpc) is 2.74. The monoisotopic (exact) mass is 413 g/mol. The van der Waals surface area contributed by atoms with Crippen LogP contribution < -0.4 is 9.64 Å². The van der Waals surface area contributed by atoms with Gasteiger partial charge in [0.1, 0.15) is 16.3 Å². The van der Waals surface area contributed by atoms with Crippen LogP contribution in [0.15, 0.2) is 36.4 Å². The Balaban J connectivity index is 1.47. The maximum atomic E-state index is 14.1. The highest BCUT2D eigenvalue weighted by atomic mass is 32.1. The van der Waals surface area contributed by atoms with E-state index in [0.717, 1.165) is 43.6 Å². The maximum absolute atomic E-state index is 14.1. The van der Waals surface area contributed by atoms with E-state index in [1.807, 2.05) is 24.3 Å². The van der Waals surface area contributed by atoms with E-state index in [0.29, 0.717) is 27.5 Å². The van der Waals surface area contributed by atoms with Gasteiger partial charge in [-0.2, -0.15) is 0 Å². The Hall–Kier alpha value is -2.84. The predicted molar refractivity (Wildman–Crippen MR) is 107 cm³/mol. The van der Waals surface area contributed by atoms with E-state index in [1.54, 1.807) is 0 Å². The lowest BCUT2D eigenvalue weighted by molar-refractivity contribution is 0.122. The summed E-state index contributed by atoms with van der Waals surface area (Å²) in [5.41, 5.74) is 2.98. The topological polar surface area (TPSA) is 50.4 Å². The van der Waals surface area contributed by atoms with Crippen molar-refractivity contribution in [1.29, 1.82) is 0 Å². The minimum atomic E-state index is -0.738. The second-order valence-electron chi connectivity index (χ2n) is 7.00. The van der Waals surface area contributed by atoms with Gasteiger partial charge in [0.2, 0.25) is 5.88 Å². The Morgan fingerprint density at radius 1 is 1.07 bits per heavy atom. The van der Waals surface area contributed by atoms with Crippen molar-refractivity contribution in [3.05, 3.63) is 63.8 Å². The molecular weight excluding hydrogens is 396 g/mol. The van der Waals surface area contributed by atoms with Crippen LogP contribution in [-0.2, 0) is 11.2 Å². The molecule has 1 fully saturated rings. The number of rotatable bonds is 2. The molecule has 2 aromatic carbocycles. The maximum Gasteiger partial charge on any atom is 0.205 e. The number of aromatic nitrogens is 2. The van der Waals surface area contributed by atoms with Gasteiger partial charge in [-0.05, 0) is 30.3 Å². The van der Waals surface area contributed by atoms with Crippen LogP contribution in [0.2, 0.25) is 0 Å². The summed E-state index contributed by atoms with van der Waals surface area (Å²) >= 11 is 5.43. The molecule has 3 heterocycles. The van der Waals surface area contributed by atoms with Crippen LogP contribution in [0.25, 0.3) is 11.4 Å². The number of fused-ring (bicyclic) bond motifs is 2. The summed E-state index contributed by atoms with van der Waals surface area (Å²) in [4.78, 5) is 9.85. The van der Waals surface area contributed by atoms with E-state index < -0.39 is 11.6 Å². The first-order valence-electron chi connectivity index (χ1n) is 9.30. The molecular formula is C21H17F2N3O2S. The molecule has 0 atom stereocenters. The van der Waals surface area contributed by atoms with Gasteiger partial charge in [0.05, 0.1) is 18.8 Å². The van der Waals surface area contributed by atoms with Gasteiger partial charge in [0.25, 0.3) is 0 Å². The highest BCUT2D eigenvalue weighted by molar-refractivity contribution is 7.71. The second-order valence-corrected chi connectivity index (χ2v) is 7.39. The SMILES string of the molecule is Fc1cc(F)c2c(c1)Cc1c([nH]c(-c3ccc(N4CCOCC4)cc3)nc1=S)O2. The van der Waals surface area contributed by atoms with Crippen molar-refractivity contribution in [2.45, 2.75) is 6.42 Å². The van der Waals surface area contributed by atoms with Crippen molar-refractivity contribution >= 4 is 17.9 Å². The molecule has 148 valence electrons. The molecule has 1 N–H and O–H groups in total.